The van der Waals surface area contributed by atoms with Gasteiger partial charge in [0.1, 0.15) is 6.04 Å². The Balaban J connectivity index is 1.89. The highest BCUT2D eigenvalue weighted by Gasteiger charge is 2.36. The van der Waals surface area contributed by atoms with Crippen molar-refractivity contribution in [2.24, 2.45) is 5.92 Å². The molecule has 26 heavy (non-hydrogen) atoms. The highest BCUT2D eigenvalue weighted by Crippen LogP contribution is 2.45. The molecule has 0 radical (unpaired) electrons. The summed E-state index contributed by atoms with van der Waals surface area (Å²) in [6.07, 6.45) is -0.699. The number of fused-ring (bicyclic) bond motifs is 3. The lowest BCUT2D eigenvalue weighted by molar-refractivity contribution is -0.136. The van der Waals surface area contributed by atoms with E-state index in [2.05, 4.69) is 0 Å². The van der Waals surface area contributed by atoms with Crippen LogP contribution in [0.4, 0.5) is 9.18 Å². The van der Waals surface area contributed by atoms with Crippen LogP contribution in [0.15, 0.2) is 48.5 Å². The Bertz CT molecular complexity index is 790. The van der Waals surface area contributed by atoms with Gasteiger partial charge in [0.25, 0.3) is 0 Å². The number of nitrogens with zero attached hydrogens (tertiary/aromatic N) is 1. The fourth-order valence-electron chi connectivity index (χ4n) is 3.51. The minimum absolute atomic E-state index is 0.298. The van der Waals surface area contributed by atoms with Gasteiger partial charge in [0.05, 0.1) is 0 Å². The van der Waals surface area contributed by atoms with E-state index < -0.39 is 24.3 Å². The molecule has 0 saturated heterocycles. The molecule has 0 N–H and O–H groups in total. The molecule has 0 fully saturated rings. The van der Waals surface area contributed by atoms with E-state index in [4.69, 9.17) is 4.74 Å². The first-order valence-corrected chi connectivity index (χ1v) is 8.76. The van der Waals surface area contributed by atoms with Gasteiger partial charge in [-0.05, 0) is 17.0 Å². The quantitative estimate of drug-likeness (QED) is 0.728. The molecular weight excluding hydrogens is 333 g/mol. The predicted molar refractivity (Wildman–Crippen MR) is 97.3 cm³/mol. The molecule has 0 saturated carbocycles. The summed E-state index contributed by atoms with van der Waals surface area (Å²) in [4.78, 5) is 25.1. The van der Waals surface area contributed by atoms with Crippen LogP contribution in [0.25, 0.3) is 11.1 Å². The van der Waals surface area contributed by atoms with E-state index in [1.54, 1.807) is 6.92 Å². The van der Waals surface area contributed by atoms with Gasteiger partial charge in [0.2, 0.25) is 0 Å². The molecule has 3 rings (SSSR count). The molecule has 5 heteroatoms. The number of rotatable bonds is 5. The van der Waals surface area contributed by atoms with Gasteiger partial charge >= 0.3 is 12.1 Å². The van der Waals surface area contributed by atoms with Crippen molar-refractivity contribution in [3.05, 3.63) is 59.7 Å². The average molecular weight is 355 g/mol. The monoisotopic (exact) mass is 355 g/mol. The predicted octanol–water partition coefficient (Wildman–Crippen LogP) is 4.74. The van der Waals surface area contributed by atoms with Gasteiger partial charge in [-0.3, -0.25) is 9.69 Å². The molecule has 2 atom stereocenters. The fraction of sp³-hybridized carbons (Fsp3) is 0.333. The highest BCUT2D eigenvalue weighted by molar-refractivity contribution is 5.82. The van der Waals surface area contributed by atoms with Crippen molar-refractivity contribution >= 4 is 12.1 Å². The third-order valence-electron chi connectivity index (χ3n) is 5.12. The van der Waals surface area contributed by atoms with Crippen LogP contribution in [0.5, 0.6) is 0 Å². The summed E-state index contributed by atoms with van der Waals surface area (Å²) in [6, 6.07) is 12.8. The first-order valence-electron chi connectivity index (χ1n) is 8.76. The minimum atomic E-state index is -1.52. The summed E-state index contributed by atoms with van der Waals surface area (Å²) in [5.74, 6) is -0.298. The number of benzene rings is 2. The van der Waals surface area contributed by atoms with Crippen LogP contribution in [-0.4, -0.2) is 30.1 Å². The van der Waals surface area contributed by atoms with Crippen molar-refractivity contribution in [3.63, 3.8) is 0 Å². The van der Waals surface area contributed by atoms with E-state index >= 15 is 0 Å². The van der Waals surface area contributed by atoms with E-state index in [0.29, 0.717) is 6.42 Å². The van der Waals surface area contributed by atoms with Crippen molar-refractivity contribution in [3.8, 4) is 11.1 Å². The van der Waals surface area contributed by atoms with Gasteiger partial charge in [-0.1, -0.05) is 68.8 Å². The molecule has 1 aliphatic carbocycles. The third kappa shape index (κ3) is 3.09. The van der Waals surface area contributed by atoms with Crippen LogP contribution in [-0.2, 0) is 9.53 Å². The number of likely N-dealkylation sites (N-methyl/N-ethyl adjacent to an activating group) is 1. The van der Waals surface area contributed by atoms with Crippen molar-refractivity contribution in [2.75, 3.05) is 7.05 Å². The highest BCUT2D eigenvalue weighted by atomic mass is 19.1. The first kappa shape index (κ1) is 18.1. The Hall–Kier alpha value is -2.69. The summed E-state index contributed by atoms with van der Waals surface area (Å²) in [6.45, 7) is 3.59. The van der Waals surface area contributed by atoms with Crippen LogP contribution in [0, 0.1) is 5.92 Å². The molecule has 0 bridgehead atoms. The van der Waals surface area contributed by atoms with Gasteiger partial charge in [0, 0.05) is 18.2 Å². The Morgan fingerprint density at radius 3 is 2.04 bits per heavy atom. The molecule has 0 aliphatic heterocycles. The Morgan fingerprint density at radius 2 is 1.58 bits per heavy atom. The van der Waals surface area contributed by atoms with E-state index in [-0.39, 0.29) is 5.92 Å². The molecule has 0 unspecified atom stereocenters. The maximum atomic E-state index is 13.5. The summed E-state index contributed by atoms with van der Waals surface area (Å²) >= 11 is 0. The lowest BCUT2D eigenvalue weighted by Crippen LogP contribution is -2.45. The molecular formula is C21H22FNO3. The van der Waals surface area contributed by atoms with E-state index in [1.165, 1.54) is 7.05 Å². The second kappa shape index (κ2) is 7.28. The zero-order chi connectivity index (χ0) is 18.8. The van der Waals surface area contributed by atoms with Gasteiger partial charge in [0.15, 0.2) is 6.10 Å². The first-order chi connectivity index (χ1) is 12.5. The van der Waals surface area contributed by atoms with Crippen LogP contribution in [0.2, 0.25) is 0 Å². The average Bonchev–Trinajstić information content (AvgIpc) is 2.95. The molecule has 0 aromatic heterocycles. The summed E-state index contributed by atoms with van der Waals surface area (Å²) in [5.41, 5.74) is 3.82. The van der Waals surface area contributed by atoms with Crippen molar-refractivity contribution in [2.45, 2.75) is 32.4 Å². The van der Waals surface area contributed by atoms with Gasteiger partial charge in [-0.15, -0.1) is 0 Å². The molecule has 0 spiro atoms. The second-order valence-corrected chi connectivity index (χ2v) is 6.68. The van der Waals surface area contributed by atoms with Crippen molar-refractivity contribution in [1.82, 2.24) is 4.90 Å². The van der Waals surface area contributed by atoms with E-state index in [9.17, 15) is 14.0 Å². The fourth-order valence-corrected chi connectivity index (χ4v) is 3.51. The topological polar surface area (TPSA) is 46.6 Å². The zero-order valence-corrected chi connectivity index (χ0v) is 15.1. The lowest BCUT2D eigenvalue weighted by Gasteiger charge is -2.29. The van der Waals surface area contributed by atoms with Gasteiger partial charge in [-0.25, -0.2) is 4.79 Å². The van der Waals surface area contributed by atoms with Crippen LogP contribution < -0.4 is 0 Å². The van der Waals surface area contributed by atoms with E-state index in [0.717, 1.165) is 27.2 Å². The Morgan fingerprint density at radius 1 is 1.08 bits per heavy atom. The van der Waals surface area contributed by atoms with Crippen LogP contribution in [0.1, 0.15) is 37.5 Å². The normalized spacial score (nSPS) is 14.9. The summed E-state index contributed by atoms with van der Waals surface area (Å²) in [7, 11) is 1.41. The van der Waals surface area contributed by atoms with E-state index in [1.807, 2.05) is 55.5 Å². The molecule has 4 nitrogen and oxygen atoms in total. The van der Waals surface area contributed by atoms with Gasteiger partial charge in [-0.2, -0.15) is 4.39 Å². The van der Waals surface area contributed by atoms with Crippen molar-refractivity contribution < 1.29 is 18.7 Å². The SMILES string of the molecule is CC[C@H](C)[C@@H](C(=O)F)N(C)C(=O)OC1c2ccccc2-c2ccccc21. The number of halogens is 1. The van der Waals surface area contributed by atoms with Crippen molar-refractivity contribution in [1.29, 1.82) is 0 Å². The number of carbonyl (C=O) groups excluding carboxylic acids is 2. The smallest absolute Gasteiger partial charge is 0.411 e. The maximum Gasteiger partial charge on any atom is 0.411 e. The summed E-state index contributed by atoms with van der Waals surface area (Å²) < 4.78 is 19.2. The second-order valence-electron chi connectivity index (χ2n) is 6.68. The number of hydrogen-bond donors (Lipinski definition) is 0. The Kier molecular flexibility index (Phi) is 5.07. The Labute approximate surface area is 152 Å². The standard InChI is InChI=1S/C21H22FNO3/c1-4-13(2)18(20(22)24)23(3)21(25)26-19-16-11-7-5-9-14(16)15-10-6-8-12-17(15)19/h5-13,18-19H,4H2,1-3H3/t13-,18-/m0/s1. The molecule has 1 aliphatic rings. The van der Waals surface area contributed by atoms with Crippen LogP contribution >= 0.6 is 0 Å². The number of hydrogen-bond acceptors (Lipinski definition) is 3. The summed E-state index contributed by atoms with van der Waals surface area (Å²) in [5, 5.41) is 0. The van der Waals surface area contributed by atoms with Gasteiger partial charge < -0.3 is 4.74 Å². The molecule has 136 valence electrons. The largest absolute Gasteiger partial charge is 0.436 e. The lowest BCUT2D eigenvalue weighted by atomic mass is 9.99. The number of amides is 1. The third-order valence-corrected chi connectivity index (χ3v) is 5.12. The molecule has 1 amide bonds. The number of carbonyl (C=O) groups is 2. The maximum absolute atomic E-state index is 13.5. The molecule has 0 heterocycles. The molecule has 2 aromatic rings. The minimum Gasteiger partial charge on any atom is -0.436 e. The van der Waals surface area contributed by atoms with Crippen LogP contribution in [0.3, 0.4) is 0 Å². The zero-order valence-electron chi connectivity index (χ0n) is 15.1. The number of ether oxygens (including phenoxy) is 1. The molecule has 2 aromatic carbocycles.